The number of hydrogen-bond donors (Lipinski definition) is 0. The molecular weight excluding hydrogens is 410 g/mol. The number of fused-ring (bicyclic) bond motifs is 1. The van der Waals surface area contributed by atoms with E-state index >= 15 is 0 Å². The highest BCUT2D eigenvalue weighted by molar-refractivity contribution is 9.10. The van der Waals surface area contributed by atoms with Crippen LogP contribution < -0.4 is 0 Å². The molecule has 3 rings (SSSR count). The molecule has 0 saturated carbocycles. The van der Waals surface area contributed by atoms with Crippen molar-refractivity contribution < 1.29 is 8.78 Å². The van der Waals surface area contributed by atoms with Crippen LogP contribution in [-0.4, -0.2) is 0 Å². The van der Waals surface area contributed by atoms with E-state index in [0.717, 1.165) is 15.6 Å². The highest BCUT2D eigenvalue weighted by atomic mass is 79.9. The first-order valence-electron chi connectivity index (χ1n) is 5.82. The Balaban J connectivity index is 2.16. The maximum absolute atomic E-state index is 14.1. The third-order valence-corrected chi connectivity index (χ3v) is 5.47. The van der Waals surface area contributed by atoms with Gasteiger partial charge in [0.2, 0.25) is 0 Å². The van der Waals surface area contributed by atoms with Crippen molar-refractivity contribution in [2.24, 2.45) is 0 Å². The molecule has 0 spiro atoms. The predicted octanol–water partition coefficient (Wildman–Crippen LogP) is 6.43. The van der Waals surface area contributed by atoms with Crippen LogP contribution in [0.3, 0.4) is 0 Å². The molecule has 0 amide bonds. The second kappa shape index (κ2) is 5.54. The van der Waals surface area contributed by atoms with E-state index in [1.54, 1.807) is 11.3 Å². The molecule has 0 bridgehead atoms. The fourth-order valence-electron chi connectivity index (χ4n) is 2.15. The lowest BCUT2D eigenvalue weighted by Gasteiger charge is -2.12. The molecule has 0 fully saturated rings. The van der Waals surface area contributed by atoms with Gasteiger partial charge in [-0.25, -0.2) is 8.78 Å². The van der Waals surface area contributed by atoms with Gasteiger partial charge in [-0.15, -0.1) is 11.3 Å². The molecule has 0 radical (unpaired) electrons. The SMILES string of the molecule is Fc1cc(Br)cc(F)c1C(Br)c1csc2ccccc12. The third kappa shape index (κ3) is 2.43. The molecule has 1 atom stereocenters. The normalized spacial score (nSPS) is 12.8. The summed E-state index contributed by atoms with van der Waals surface area (Å²) in [6.07, 6.45) is 0. The van der Waals surface area contributed by atoms with Gasteiger partial charge in [0.05, 0.1) is 4.83 Å². The van der Waals surface area contributed by atoms with Gasteiger partial charge in [0.1, 0.15) is 11.6 Å². The maximum Gasteiger partial charge on any atom is 0.131 e. The van der Waals surface area contributed by atoms with E-state index in [9.17, 15) is 8.78 Å². The number of halogens is 4. The van der Waals surface area contributed by atoms with E-state index in [1.165, 1.54) is 12.1 Å². The van der Waals surface area contributed by atoms with Crippen LogP contribution >= 0.6 is 43.2 Å². The summed E-state index contributed by atoms with van der Waals surface area (Å²) in [4.78, 5) is -0.508. The van der Waals surface area contributed by atoms with Crippen molar-refractivity contribution in [3.05, 3.63) is 69.0 Å². The lowest BCUT2D eigenvalue weighted by atomic mass is 10.0. The molecule has 0 aliphatic heterocycles. The minimum absolute atomic E-state index is 0.0387. The van der Waals surface area contributed by atoms with E-state index < -0.39 is 16.5 Å². The van der Waals surface area contributed by atoms with Crippen molar-refractivity contribution in [2.75, 3.05) is 0 Å². The van der Waals surface area contributed by atoms with Crippen LogP contribution in [-0.2, 0) is 0 Å². The fourth-order valence-corrected chi connectivity index (χ4v) is 4.53. The minimum atomic E-state index is -0.561. The van der Waals surface area contributed by atoms with Crippen LogP contribution in [0.2, 0.25) is 0 Å². The average Bonchev–Trinajstić information content (AvgIpc) is 2.81. The Hall–Kier alpha value is -0.780. The molecule has 0 saturated heterocycles. The summed E-state index contributed by atoms with van der Waals surface area (Å²) in [5.41, 5.74) is 0.919. The van der Waals surface area contributed by atoms with Crippen molar-refractivity contribution in [1.29, 1.82) is 0 Å². The van der Waals surface area contributed by atoms with E-state index in [4.69, 9.17) is 0 Å². The van der Waals surface area contributed by atoms with Crippen molar-refractivity contribution in [3.63, 3.8) is 0 Å². The molecule has 20 heavy (non-hydrogen) atoms. The summed E-state index contributed by atoms with van der Waals surface area (Å²) in [6, 6.07) is 10.4. The zero-order chi connectivity index (χ0) is 14.3. The zero-order valence-corrected chi connectivity index (χ0v) is 14.0. The Bertz CT molecular complexity index is 759. The summed E-state index contributed by atoms with van der Waals surface area (Å²) in [6.45, 7) is 0. The van der Waals surface area contributed by atoms with E-state index in [0.29, 0.717) is 4.47 Å². The average molecular weight is 418 g/mol. The second-order valence-corrected chi connectivity index (χ2v) is 7.08. The molecule has 0 aliphatic rings. The van der Waals surface area contributed by atoms with Gasteiger partial charge < -0.3 is 0 Å². The van der Waals surface area contributed by atoms with E-state index in [1.807, 2.05) is 29.6 Å². The van der Waals surface area contributed by atoms with Gasteiger partial charge in [-0.3, -0.25) is 0 Å². The Morgan fingerprint density at radius 3 is 2.40 bits per heavy atom. The van der Waals surface area contributed by atoms with E-state index in [2.05, 4.69) is 31.9 Å². The van der Waals surface area contributed by atoms with Crippen LogP contribution in [0, 0.1) is 11.6 Å². The lowest BCUT2D eigenvalue weighted by molar-refractivity contribution is 0.560. The minimum Gasteiger partial charge on any atom is -0.206 e. The quantitative estimate of drug-likeness (QED) is 0.421. The topological polar surface area (TPSA) is 0 Å². The maximum atomic E-state index is 14.1. The first-order chi connectivity index (χ1) is 9.58. The van der Waals surface area contributed by atoms with Crippen molar-refractivity contribution in [3.8, 4) is 0 Å². The van der Waals surface area contributed by atoms with E-state index in [-0.39, 0.29) is 5.56 Å². The molecule has 1 heterocycles. The lowest BCUT2D eigenvalue weighted by Crippen LogP contribution is -2.00. The van der Waals surface area contributed by atoms with Gasteiger partial charge in [-0.05, 0) is 34.5 Å². The van der Waals surface area contributed by atoms with Crippen LogP contribution in [0.25, 0.3) is 10.1 Å². The molecule has 0 nitrogen and oxygen atoms in total. The van der Waals surface area contributed by atoms with Crippen LogP contribution in [0.5, 0.6) is 0 Å². The van der Waals surface area contributed by atoms with Crippen LogP contribution in [0.4, 0.5) is 8.78 Å². The Labute approximate surface area is 135 Å². The van der Waals surface area contributed by atoms with Crippen LogP contribution in [0.15, 0.2) is 46.3 Å². The molecule has 102 valence electrons. The second-order valence-electron chi connectivity index (χ2n) is 4.33. The largest absolute Gasteiger partial charge is 0.206 e. The number of alkyl halides is 1. The Morgan fingerprint density at radius 2 is 1.70 bits per heavy atom. The third-order valence-electron chi connectivity index (χ3n) is 3.08. The summed E-state index contributed by atoms with van der Waals surface area (Å²) < 4.78 is 29.6. The fraction of sp³-hybridized carbons (Fsp3) is 0.0667. The number of rotatable bonds is 2. The molecule has 1 unspecified atom stereocenters. The number of benzene rings is 2. The Morgan fingerprint density at radius 1 is 1.05 bits per heavy atom. The monoisotopic (exact) mass is 416 g/mol. The molecule has 0 N–H and O–H groups in total. The standard InChI is InChI=1S/C15H8Br2F2S/c16-8-5-11(18)14(12(19)6-8)15(17)10-7-20-13-4-2-1-3-9(10)13/h1-7,15H. The summed E-state index contributed by atoms with van der Waals surface area (Å²) >= 11 is 8.09. The van der Waals surface area contributed by atoms with Gasteiger partial charge >= 0.3 is 0 Å². The summed E-state index contributed by atoms with van der Waals surface area (Å²) in [5.74, 6) is -1.12. The van der Waals surface area contributed by atoms with Gasteiger partial charge in [0, 0.05) is 14.7 Å². The predicted molar refractivity (Wildman–Crippen MR) is 86.7 cm³/mol. The summed E-state index contributed by atoms with van der Waals surface area (Å²) in [7, 11) is 0. The Kier molecular flexibility index (Phi) is 3.93. The highest BCUT2D eigenvalue weighted by Gasteiger charge is 2.22. The van der Waals surface area contributed by atoms with Gasteiger partial charge in [-0.2, -0.15) is 0 Å². The van der Waals surface area contributed by atoms with Gasteiger partial charge in [0.25, 0.3) is 0 Å². The molecule has 1 aromatic heterocycles. The number of hydrogen-bond acceptors (Lipinski definition) is 1. The van der Waals surface area contributed by atoms with Crippen molar-refractivity contribution in [2.45, 2.75) is 4.83 Å². The van der Waals surface area contributed by atoms with Gasteiger partial charge in [0.15, 0.2) is 0 Å². The molecule has 2 aromatic carbocycles. The first kappa shape index (κ1) is 14.2. The van der Waals surface area contributed by atoms with Crippen LogP contribution in [0.1, 0.15) is 16.0 Å². The molecule has 5 heteroatoms. The van der Waals surface area contributed by atoms with Gasteiger partial charge in [-0.1, -0.05) is 50.1 Å². The molecular formula is C15H8Br2F2S. The smallest absolute Gasteiger partial charge is 0.131 e. The summed E-state index contributed by atoms with van der Waals surface area (Å²) in [5, 5.41) is 2.95. The number of thiophene rings is 1. The molecule has 3 aromatic rings. The van der Waals surface area contributed by atoms with Crippen molar-refractivity contribution in [1.82, 2.24) is 0 Å². The first-order valence-corrected chi connectivity index (χ1v) is 8.41. The highest BCUT2D eigenvalue weighted by Crippen LogP contribution is 2.40. The van der Waals surface area contributed by atoms with Crippen molar-refractivity contribution >= 4 is 53.3 Å². The zero-order valence-electron chi connectivity index (χ0n) is 10.0. The molecule has 0 aliphatic carbocycles.